The second-order valence-electron chi connectivity index (χ2n) is 7.37. The lowest BCUT2D eigenvalue weighted by atomic mass is 9.64. The number of rotatable bonds is 7. The number of alkyl halides is 3. The lowest BCUT2D eigenvalue weighted by molar-refractivity contribution is -0.137. The molecule has 1 saturated carbocycles. The van der Waals surface area contributed by atoms with Crippen LogP contribution in [0.1, 0.15) is 43.7 Å². The van der Waals surface area contributed by atoms with Gasteiger partial charge in [-0.15, -0.1) is 24.0 Å². The van der Waals surface area contributed by atoms with Crippen molar-refractivity contribution in [1.82, 2.24) is 15.5 Å². The first-order valence-electron chi connectivity index (χ1n) is 9.58. The van der Waals surface area contributed by atoms with Gasteiger partial charge in [-0.05, 0) is 31.4 Å². The summed E-state index contributed by atoms with van der Waals surface area (Å²) < 4.78 is 39.2. The zero-order valence-corrected chi connectivity index (χ0v) is 19.4. The summed E-state index contributed by atoms with van der Waals surface area (Å²) in [4.78, 5) is 17.8. The Morgan fingerprint density at radius 3 is 2.45 bits per heavy atom. The Bertz CT molecular complexity index is 703. The van der Waals surface area contributed by atoms with Crippen molar-refractivity contribution in [2.75, 3.05) is 33.7 Å². The smallest absolute Gasteiger partial charge is 0.357 e. The zero-order valence-electron chi connectivity index (χ0n) is 17.1. The van der Waals surface area contributed by atoms with E-state index in [1.54, 1.807) is 20.2 Å². The van der Waals surface area contributed by atoms with Gasteiger partial charge in [0.2, 0.25) is 5.91 Å². The van der Waals surface area contributed by atoms with E-state index in [4.69, 9.17) is 0 Å². The van der Waals surface area contributed by atoms with Gasteiger partial charge in [-0.25, -0.2) is 0 Å². The molecule has 1 amide bonds. The van der Waals surface area contributed by atoms with Gasteiger partial charge in [0.25, 0.3) is 0 Å². The number of amides is 1. The number of hydrogen-bond donors (Lipinski definition) is 2. The monoisotopic (exact) mass is 526 g/mol. The molecule has 1 aromatic carbocycles. The van der Waals surface area contributed by atoms with Crippen LogP contribution in [-0.2, 0) is 16.4 Å². The maximum Gasteiger partial charge on any atom is 0.416 e. The Labute approximate surface area is 187 Å². The second kappa shape index (κ2) is 11.0. The van der Waals surface area contributed by atoms with Gasteiger partial charge in [0.15, 0.2) is 5.96 Å². The van der Waals surface area contributed by atoms with Crippen molar-refractivity contribution >= 4 is 35.8 Å². The first-order valence-corrected chi connectivity index (χ1v) is 9.58. The van der Waals surface area contributed by atoms with E-state index in [0.717, 1.165) is 25.3 Å². The third-order valence-corrected chi connectivity index (χ3v) is 5.13. The first kappa shape index (κ1) is 25.5. The Kier molecular flexibility index (Phi) is 9.70. The van der Waals surface area contributed by atoms with Crippen molar-refractivity contribution in [3.8, 4) is 0 Å². The van der Waals surface area contributed by atoms with Gasteiger partial charge < -0.3 is 15.5 Å². The largest absolute Gasteiger partial charge is 0.416 e. The highest BCUT2D eigenvalue weighted by atomic mass is 127. The van der Waals surface area contributed by atoms with Crippen LogP contribution in [-0.4, -0.2) is 50.5 Å². The molecule has 1 aliphatic carbocycles. The number of carbonyl (C=O) groups excluding carboxylic acids is 1. The van der Waals surface area contributed by atoms with Gasteiger partial charge >= 0.3 is 6.18 Å². The predicted molar refractivity (Wildman–Crippen MR) is 120 cm³/mol. The van der Waals surface area contributed by atoms with Crippen molar-refractivity contribution in [3.63, 3.8) is 0 Å². The lowest BCUT2D eigenvalue weighted by Crippen LogP contribution is -2.42. The molecule has 9 heteroatoms. The van der Waals surface area contributed by atoms with Crippen molar-refractivity contribution < 1.29 is 18.0 Å². The van der Waals surface area contributed by atoms with E-state index in [0.29, 0.717) is 37.6 Å². The maximum absolute atomic E-state index is 13.1. The molecule has 0 aromatic heterocycles. The number of guanidine groups is 1. The fourth-order valence-electron chi connectivity index (χ4n) is 3.25. The third-order valence-electron chi connectivity index (χ3n) is 5.13. The standard InChI is InChI=1S/C20H29F3N4O.HI/c1-4-24-18(25-12-9-17(28)27(2)3)26-14-19(10-6-11-19)15-7-5-8-16(13-15)20(21,22)23;/h5,7-8,13H,4,6,9-12,14H2,1-3H3,(H2,24,25,26);1H. The Morgan fingerprint density at radius 1 is 1.24 bits per heavy atom. The van der Waals surface area contributed by atoms with E-state index in [1.807, 2.05) is 6.92 Å². The quantitative estimate of drug-likeness (QED) is 0.323. The molecule has 164 valence electrons. The van der Waals surface area contributed by atoms with Crippen LogP contribution in [0.5, 0.6) is 0 Å². The molecule has 0 bridgehead atoms. The highest BCUT2D eigenvalue weighted by molar-refractivity contribution is 14.0. The average molecular weight is 526 g/mol. The summed E-state index contributed by atoms with van der Waals surface area (Å²) in [6.07, 6.45) is -1.39. The number of aliphatic imine (C=N–C) groups is 1. The summed E-state index contributed by atoms with van der Waals surface area (Å²) in [6.45, 7) is 3.45. The molecule has 0 unspecified atom stereocenters. The molecule has 1 fully saturated rings. The number of halogens is 4. The molecule has 5 nitrogen and oxygen atoms in total. The summed E-state index contributed by atoms with van der Waals surface area (Å²) in [5.74, 6) is 0.593. The van der Waals surface area contributed by atoms with E-state index >= 15 is 0 Å². The molecule has 0 aliphatic heterocycles. The van der Waals surface area contributed by atoms with E-state index in [9.17, 15) is 18.0 Å². The minimum Gasteiger partial charge on any atom is -0.357 e. The molecule has 2 rings (SSSR count). The topological polar surface area (TPSA) is 56.7 Å². The van der Waals surface area contributed by atoms with E-state index in [1.165, 1.54) is 17.0 Å². The van der Waals surface area contributed by atoms with Gasteiger partial charge in [-0.3, -0.25) is 9.79 Å². The number of hydrogen-bond acceptors (Lipinski definition) is 2. The number of benzene rings is 1. The number of nitrogens with zero attached hydrogens (tertiary/aromatic N) is 2. The Hall–Kier alpha value is -1.52. The van der Waals surface area contributed by atoms with Crippen LogP contribution in [0.4, 0.5) is 13.2 Å². The van der Waals surface area contributed by atoms with E-state index < -0.39 is 11.7 Å². The summed E-state index contributed by atoms with van der Waals surface area (Å²) in [5, 5.41) is 6.25. The minimum atomic E-state index is -4.35. The third kappa shape index (κ3) is 7.04. The Balaban J connectivity index is 0.00000420. The van der Waals surface area contributed by atoms with Crippen molar-refractivity contribution in [2.24, 2.45) is 4.99 Å². The lowest BCUT2D eigenvalue weighted by Gasteiger charge is -2.41. The van der Waals surface area contributed by atoms with Crippen LogP contribution >= 0.6 is 24.0 Å². The molecule has 1 aromatic rings. The maximum atomic E-state index is 13.1. The van der Waals surface area contributed by atoms with Crippen LogP contribution in [0.2, 0.25) is 0 Å². The normalized spacial score (nSPS) is 15.7. The highest BCUT2D eigenvalue weighted by Crippen LogP contribution is 2.45. The first-order chi connectivity index (χ1) is 13.2. The summed E-state index contributed by atoms with van der Waals surface area (Å²) in [5.41, 5.74) is -0.285. The van der Waals surface area contributed by atoms with Crippen molar-refractivity contribution in [2.45, 2.75) is 44.2 Å². The highest BCUT2D eigenvalue weighted by Gasteiger charge is 2.40. The van der Waals surface area contributed by atoms with E-state index in [2.05, 4.69) is 15.6 Å². The summed E-state index contributed by atoms with van der Waals surface area (Å²) in [7, 11) is 3.41. The van der Waals surface area contributed by atoms with Gasteiger partial charge in [-0.2, -0.15) is 13.2 Å². The van der Waals surface area contributed by atoms with Gasteiger partial charge in [0.1, 0.15) is 0 Å². The minimum absolute atomic E-state index is 0. The molecule has 0 saturated heterocycles. The molecule has 29 heavy (non-hydrogen) atoms. The van der Waals surface area contributed by atoms with Crippen LogP contribution in [0, 0.1) is 0 Å². The second-order valence-corrected chi connectivity index (χ2v) is 7.37. The molecule has 1 aliphatic rings. The number of carbonyl (C=O) groups is 1. The molecule has 0 spiro atoms. The average Bonchev–Trinajstić information content (AvgIpc) is 2.60. The van der Waals surface area contributed by atoms with Crippen LogP contribution in [0.3, 0.4) is 0 Å². The molecular formula is C20H30F3IN4O. The van der Waals surface area contributed by atoms with E-state index in [-0.39, 0.29) is 35.3 Å². The SMILES string of the molecule is CCNC(=NCC1(c2cccc(C(F)(F)F)c2)CCC1)NCCC(=O)N(C)C.I. The van der Waals surface area contributed by atoms with Crippen molar-refractivity contribution in [3.05, 3.63) is 35.4 Å². The Morgan fingerprint density at radius 2 is 1.93 bits per heavy atom. The summed E-state index contributed by atoms with van der Waals surface area (Å²) >= 11 is 0. The van der Waals surface area contributed by atoms with Gasteiger partial charge in [0.05, 0.1) is 12.1 Å². The molecule has 2 N–H and O–H groups in total. The molecule has 0 radical (unpaired) electrons. The molecular weight excluding hydrogens is 496 g/mol. The molecule has 0 heterocycles. The van der Waals surface area contributed by atoms with Crippen molar-refractivity contribution in [1.29, 1.82) is 0 Å². The summed E-state index contributed by atoms with van der Waals surface area (Å²) in [6, 6.07) is 5.59. The van der Waals surface area contributed by atoms with Crippen LogP contribution in [0.25, 0.3) is 0 Å². The fourth-order valence-corrected chi connectivity index (χ4v) is 3.25. The number of nitrogens with one attached hydrogen (secondary N) is 2. The predicted octanol–water partition coefficient (Wildman–Crippen LogP) is 3.78. The molecule has 0 atom stereocenters. The zero-order chi connectivity index (χ0) is 20.8. The van der Waals surface area contributed by atoms with Crippen LogP contribution < -0.4 is 10.6 Å². The fraction of sp³-hybridized carbons (Fsp3) is 0.600. The van der Waals surface area contributed by atoms with Gasteiger partial charge in [-0.1, -0.05) is 24.6 Å². The van der Waals surface area contributed by atoms with Gasteiger partial charge in [0, 0.05) is 39.0 Å². The van der Waals surface area contributed by atoms with Crippen LogP contribution in [0.15, 0.2) is 29.3 Å².